The van der Waals surface area contributed by atoms with Gasteiger partial charge in [-0.3, -0.25) is 14.9 Å². The average molecular weight is 350 g/mol. The molecule has 0 atom stereocenters. The molecule has 0 aliphatic heterocycles. The number of esters is 1. The molecule has 2 aromatic rings. The minimum atomic E-state index is -0.661. The molecular weight excluding hydrogens is 336 g/mol. The number of hydrogen-bond donors (Lipinski definition) is 1. The molecule has 1 aromatic heterocycles. The first-order valence-corrected chi connectivity index (χ1v) is 7.78. The van der Waals surface area contributed by atoms with Crippen LogP contribution in [0.2, 0.25) is 0 Å². The highest BCUT2D eigenvalue weighted by Crippen LogP contribution is 2.30. The Kier molecular flexibility index (Phi) is 5.96. The SMILES string of the molecule is COC(=O)c1ccc(SCC(=O)NCc2ccco2)c([N+](=O)[O-])c1. The fourth-order valence-electron chi connectivity index (χ4n) is 1.82. The summed E-state index contributed by atoms with van der Waals surface area (Å²) in [7, 11) is 1.19. The molecule has 0 unspecified atom stereocenters. The first-order valence-electron chi connectivity index (χ1n) is 6.80. The zero-order chi connectivity index (χ0) is 17.5. The van der Waals surface area contributed by atoms with Crippen molar-refractivity contribution < 1.29 is 23.7 Å². The van der Waals surface area contributed by atoms with Crippen LogP contribution < -0.4 is 5.32 Å². The van der Waals surface area contributed by atoms with Gasteiger partial charge in [-0.2, -0.15) is 0 Å². The molecule has 0 spiro atoms. The lowest BCUT2D eigenvalue weighted by molar-refractivity contribution is -0.387. The predicted molar refractivity (Wildman–Crippen MR) is 85.7 cm³/mol. The molecule has 1 N–H and O–H groups in total. The van der Waals surface area contributed by atoms with Crippen molar-refractivity contribution in [2.24, 2.45) is 0 Å². The molecule has 1 amide bonds. The number of amides is 1. The van der Waals surface area contributed by atoms with Crippen LogP contribution in [0, 0.1) is 10.1 Å². The highest BCUT2D eigenvalue weighted by Gasteiger charge is 2.19. The third kappa shape index (κ3) is 4.59. The van der Waals surface area contributed by atoms with Gasteiger partial charge in [0.2, 0.25) is 5.91 Å². The third-order valence-corrected chi connectivity index (χ3v) is 4.04. The van der Waals surface area contributed by atoms with Gasteiger partial charge in [0.05, 0.1) is 41.1 Å². The van der Waals surface area contributed by atoms with Crippen molar-refractivity contribution in [2.45, 2.75) is 11.4 Å². The summed E-state index contributed by atoms with van der Waals surface area (Å²) in [6, 6.07) is 7.41. The van der Waals surface area contributed by atoms with E-state index >= 15 is 0 Å². The monoisotopic (exact) mass is 350 g/mol. The maximum atomic E-state index is 11.8. The van der Waals surface area contributed by atoms with E-state index in [0.29, 0.717) is 10.7 Å². The van der Waals surface area contributed by atoms with E-state index in [2.05, 4.69) is 10.1 Å². The van der Waals surface area contributed by atoms with E-state index in [-0.39, 0.29) is 29.5 Å². The van der Waals surface area contributed by atoms with E-state index < -0.39 is 10.9 Å². The van der Waals surface area contributed by atoms with Crippen molar-refractivity contribution in [1.29, 1.82) is 0 Å². The Labute approximate surface area is 141 Å². The van der Waals surface area contributed by atoms with Gasteiger partial charge in [0.25, 0.3) is 5.69 Å². The molecule has 0 fully saturated rings. The van der Waals surface area contributed by atoms with Crippen molar-refractivity contribution in [3.05, 3.63) is 58.0 Å². The number of nitrogens with one attached hydrogen (secondary N) is 1. The smallest absolute Gasteiger partial charge is 0.338 e. The minimum Gasteiger partial charge on any atom is -0.467 e. The largest absolute Gasteiger partial charge is 0.467 e. The second-order valence-corrected chi connectivity index (χ2v) is 5.59. The van der Waals surface area contributed by atoms with Crippen molar-refractivity contribution in [2.75, 3.05) is 12.9 Å². The van der Waals surface area contributed by atoms with Gasteiger partial charge in [-0.1, -0.05) is 0 Å². The molecule has 9 heteroatoms. The molecule has 2 rings (SSSR count). The normalized spacial score (nSPS) is 10.2. The number of nitro groups is 1. The summed E-state index contributed by atoms with van der Waals surface area (Å²) in [5.74, 6) is -0.339. The molecular formula is C15H14N2O6S. The molecule has 0 radical (unpaired) electrons. The Bertz CT molecular complexity index is 744. The van der Waals surface area contributed by atoms with Crippen LogP contribution in [-0.4, -0.2) is 29.7 Å². The fraction of sp³-hybridized carbons (Fsp3) is 0.200. The molecule has 8 nitrogen and oxygen atoms in total. The van der Waals surface area contributed by atoms with Crippen LogP contribution in [-0.2, 0) is 16.1 Å². The zero-order valence-corrected chi connectivity index (χ0v) is 13.5. The van der Waals surface area contributed by atoms with E-state index in [4.69, 9.17) is 4.42 Å². The lowest BCUT2D eigenvalue weighted by atomic mass is 10.2. The number of benzene rings is 1. The number of carbonyl (C=O) groups excluding carboxylic acids is 2. The second-order valence-electron chi connectivity index (χ2n) is 4.58. The lowest BCUT2D eigenvalue weighted by Gasteiger charge is -2.06. The molecule has 1 heterocycles. The molecule has 126 valence electrons. The second kappa shape index (κ2) is 8.16. The summed E-state index contributed by atoms with van der Waals surface area (Å²) in [6.45, 7) is 0.246. The first-order chi connectivity index (χ1) is 11.5. The fourth-order valence-corrected chi connectivity index (χ4v) is 2.65. The van der Waals surface area contributed by atoms with Crippen LogP contribution in [0.1, 0.15) is 16.1 Å². The van der Waals surface area contributed by atoms with Crippen LogP contribution in [0.25, 0.3) is 0 Å². The Morgan fingerprint density at radius 3 is 2.79 bits per heavy atom. The molecule has 0 bridgehead atoms. The van der Waals surface area contributed by atoms with Crippen LogP contribution in [0.4, 0.5) is 5.69 Å². The standard InChI is InChI=1S/C15H14N2O6S/c1-22-15(19)10-4-5-13(12(7-10)17(20)21)24-9-14(18)16-8-11-3-2-6-23-11/h2-7H,8-9H2,1H3,(H,16,18). The predicted octanol–water partition coefficient (Wildman–Crippen LogP) is 2.38. The molecule has 0 aliphatic carbocycles. The Hall–Kier alpha value is -2.81. The van der Waals surface area contributed by atoms with Gasteiger partial charge in [0, 0.05) is 6.07 Å². The van der Waals surface area contributed by atoms with Crippen molar-refractivity contribution in [1.82, 2.24) is 5.32 Å². The number of thioether (sulfide) groups is 1. The molecule has 0 aliphatic rings. The molecule has 1 aromatic carbocycles. The number of furan rings is 1. The first kappa shape index (κ1) is 17.5. The van der Waals surface area contributed by atoms with E-state index in [1.54, 1.807) is 12.1 Å². The van der Waals surface area contributed by atoms with Gasteiger partial charge in [0.1, 0.15) is 5.76 Å². The van der Waals surface area contributed by atoms with Crippen LogP contribution in [0.5, 0.6) is 0 Å². The van der Waals surface area contributed by atoms with Gasteiger partial charge in [0.15, 0.2) is 0 Å². The number of ether oxygens (including phenoxy) is 1. The Morgan fingerprint density at radius 2 is 2.17 bits per heavy atom. The van der Waals surface area contributed by atoms with E-state index in [1.807, 2.05) is 0 Å². The summed E-state index contributed by atoms with van der Waals surface area (Å²) in [5.41, 5.74) is -0.169. The molecule has 0 saturated heterocycles. The lowest BCUT2D eigenvalue weighted by Crippen LogP contribution is -2.24. The summed E-state index contributed by atoms with van der Waals surface area (Å²) < 4.78 is 9.62. The van der Waals surface area contributed by atoms with Crippen molar-refractivity contribution in [3.63, 3.8) is 0 Å². The van der Waals surface area contributed by atoms with Gasteiger partial charge in [-0.15, -0.1) is 11.8 Å². The molecule has 0 saturated carbocycles. The number of carbonyl (C=O) groups is 2. The topological polar surface area (TPSA) is 112 Å². The van der Waals surface area contributed by atoms with Crippen molar-refractivity contribution >= 4 is 29.3 Å². The van der Waals surface area contributed by atoms with Gasteiger partial charge in [-0.05, 0) is 24.3 Å². The number of nitro benzene ring substituents is 1. The zero-order valence-electron chi connectivity index (χ0n) is 12.7. The van der Waals surface area contributed by atoms with Gasteiger partial charge >= 0.3 is 5.97 Å². The summed E-state index contributed by atoms with van der Waals surface area (Å²) in [6.07, 6.45) is 1.50. The maximum absolute atomic E-state index is 11.8. The van der Waals surface area contributed by atoms with Gasteiger partial charge < -0.3 is 14.5 Å². The summed E-state index contributed by atoms with van der Waals surface area (Å²) in [5, 5.41) is 13.8. The minimum absolute atomic E-state index is 0.000874. The van der Waals surface area contributed by atoms with E-state index in [0.717, 1.165) is 17.8 Å². The highest BCUT2D eigenvalue weighted by atomic mass is 32.2. The number of nitrogens with zero attached hydrogens (tertiary/aromatic N) is 1. The van der Waals surface area contributed by atoms with Crippen LogP contribution in [0.3, 0.4) is 0 Å². The Balaban J connectivity index is 1.99. The maximum Gasteiger partial charge on any atom is 0.338 e. The van der Waals surface area contributed by atoms with Crippen molar-refractivity contribution in [3.8, 4) is 0 Å². The van der Waals surface area contributed by atoms with E-state index in [1.165, 1.54) is 25.5 Å². The quantitative estimate of drug-likeness (QED) is 0.353. The third-order valence-electron chi connectivity index (χ3n) is 2.98. The Morgan fingerprint density at radius 1 is 1.38 bits per heavy atom. The number of methoxy groups -OCH3 is 1. The number of rotatable bonds is 7. The highest BCUT2D eigenvalue weighted by molar-refractivity contribution is 8.00. The van der Waals surface area contributed by atoms with E-state index in [9.17, 15) is 19.7 Å². The molecule has 24 heavy (non-hydrogen) atoms. The van der Waals surface area contributed by atoms with Crippen LogP contribution in [0.15, 0.2) is 45.9 Å². The average Bonchev–Trinajstić information content (AvgIpc) is 3.10. The summed E-state index contributed by atoms with van der Waals surface area (Å²) >= 11 is 1.01. The van der Waals surface area contributed by atoms with Gasteiger partial charge in [-0.25, -0.2) is 4.79 Å². The summed E-state index contributed by atoms with van der Waals surface area (Å²) in [4.78, 5) is 34.1. The number of hydrogen-bond acceptors (Lipinski definition) is 7. The van der Waals surface area contributed by atoms with Crippen LogP contribution >= 0.6 is 11.8 Å².